The van der Waals surface area contributed by atoms with Crippen LogP contribution in [0.15, 0.2) is 41.3 Å². The maximum Gasteiger partial charge on any atom is 0.175 e. The van der Waals surface area contributed by atoms with Crippen LogP contribution in [0.4, 0.5) is 5.69 Å². The zero-order chi connectivity index (χ0) is 17.9. The van der Waals surface area contributed by atoms with E-state index in [9.17, 15) is 8.42 Å². The molecule has 0 saturated carbocycles. The predicted octanol–water partition coefficient (Wildman–Crippen LogP) is 3.85. The Hall–Kier alpha value is -1.63. The first-order valence-electron chi connectivity index (χ1n) is 7.27. The summed E-state index contributed by atoms with van der Waals surface area (Å²) < 4.78 is 22.9. The molecule has 0 aliphatic carbocycles. The Labute approximate surface area is 153 Å². The van der Waals surface area contributed by atoms with Crippen LogP contribution in [-0.2, 0) is 16.4 Å². The van der Waals surface area contributed by atoms with Crippen LogP contribution in [0.25, 0.3) is 0 Å². The van der Waals surface area contributed by atoms with E-state index in [0.29, 0.717) is 21.6 Å². The summed E-state index contributed by atoms with van der Waals surface area (Å²) in [5.74, 6) is 0. The molecule has 0 saturated heterocycles. The van der Waals surface area contributed by atoms with Crippen molar-refractivity contribution in [3.63, 3.8) is 0 Å². The predicted molar refractivity (Wildman–Crippen MR) is 104 cm³/mol. The summed E-state index contributed by atoms with van der Waals surface area (Å²) in [4.78, 5) is 0.300. The summed E-state index contributed by atoms with van der Waals surface area (Å²) in [6.07, 6.45) is 1.19. The number of benzene rings is 2. The molecule has 2 aromatic carbocycles. The minimum absolute atomic E-state index is 0.300. The van der Waals surface area contributed by atoms with Gasteiger partial charge in [0.25, 0.3) is 0 Å². The lowest BCUT2D eigenvalue weighted by molar-refractivity contribution is 0.602. The monoisotopic (exact) mass is 382 g/mol. The van der Waals surface area contributed by atoms with Gasteiger partial charge in [0.1, 0.15) is 0 Å². The second kappa shape index (κ2) is 7.51. The highest BCUT2D eigenvalue weighted by Crippen LogP contribution is 2.27. The molecule has 0 radical (unpaired) electrons. The molecule has 0 fully saturated rings. The zero-order valence-corrected chi connectivity index (χ0v) is 16.1. The fourth-order valence-electron chi connectivity index (χ4n) is 2.27. The maximum absolute atomic E-state index is 11.4. The lowest BCUT2D eigenvalue weighted by atomic mass is 10.1. The highest BCUT2D eigenvalue weighted by molar-refractivity contribution is 7.90. The summed E-state index contributed by atoms with van der Waals surface area (Å²) >= 11 is 11.5. The topological polar surface area (TPSA) is 58.2 Å². The number of aryl methyl sites for hydroxylation is 2. The van der Waals surface area contributed by atoms with Gasteiger partial charge in [-0.15, -0.1) is 0 Å². The van der Waals surface area contributed by atoms with E-state index in [4.69, 9.17) is 23.8 Å². The molecule has 0 aromatic heterocycles. The van der Waals surface area contributed by atoms with Crippen molar-refractivity contribution in [1.82, 2.24) is 5.32 Å². The molecule has 24 heavy (non-hydrogen) atoms. The van der Waals surface area contributed by atoms with Crippen LogP contribution >= 0.6 is 23.8 Å². The van der Waals surface area contributed by atoms with E-state index < -0.39 is 9.84 Å². The lowest BCUT2D eigenvalue weighted by Crippen LogP contribution is -2.28. The number of hydrogen-bond donors (Lipinski definition) is 2. The van der Waals surface area contributed by atoms with Gasteiger partial charge in [0.05, 0.1) is 15.6 Å². The summed E-state index contributed by atoms with van der Waals surface area (Å²) in [7, 11) is -3.18. The van der Waals surface area contributed by atoms with E-state index in [1.165, 1.54) is 6.26 Å². The van der Waals surface area contributed by atoms with Crippen molar-refractivity contribution in [2.45, 2.75) is 25.3 Å². The van der Waals surface area contributed by atoms with Crippen molar-refractivity contribution < 1.29 is 8.42 Å². The summed E-state index contributed by atoms with van der Waals surface area (Å²) in [5.41, 5.74) is 3.82. The Morgan fingerprint density at radius 3 is 2.33 bits per heavy atom. The van der Waals surface area contributed by atoms with E-state index in [2.05, 4.69) is 10.6 Å². The molecule has 2 aromatic rings. The van der Waals surface area contributed by atoms with Crippen LogP contribution in [0.2, 0.25) is 5.02 Å². The van der Waals surface area contributed by atoms with E-state index in [0.717, 1.165) is 22.4 Å². The molecule has 4 nitrogen and oxygen atoms in total. The molecule has 0 unspecified atom stereocenters. The smallest absolute Gasteiger partial charge is 0.175 e. The highest BCUT2D eigenvalue weighted by atomic mass is 35.5. The molecule has 2 N–H and O–H groups in total. The Balaban J connectivity index is 1.99. The number of nitrogens with one attached hydrogen (secondary N) is 2. The van der Waals surface area contributed by atoms with Gasteiger partial charge in [0.15, 0.2) is 14.9 Å². The fraction of sp³-hybridized carbons (Fsp3) is 0.235. The van der Waals surface area contributed by atoms with Crippen LogP contribution in [0.3, 0.4) is 0 Å². The van der Waals surface area contributed by atoms with Crippen LogP contribution in [0.1, 0.15) is 16.7 Å². The summed E-state index contributed by atoms with van der Waals surface area (Å²) in [6.45, 7) is 4.44. The first kappa shape index (κ1) is 18.7. The maximum atomic E-state index is 11.4. The average Bonchev–Trinajstić information content (AvgIpc) is 2.48. The molecule has 0 aliphatic rings. The summed E-state index contributed by atoms with van der Waals surface area (Å²) in [6, 6.07) is 10.6. The van der Waals surface area contributed by atoms with Crippen LogP contribution in [-0.4, -0.2) is 19.8 Å². The lowest BCUT2D eigenvalue weighted by Gasteiger charge is -2.15. The molecular weight excluding hydrogens is 364 g/mol. The first-order chi connectivity index (χ1) is 11.2. The third-order valence-electron chi connectivity index (χ3n) is 3.47. The average molecular weight is 383 g/mol. The second-order valence-electron chi connectivity index (χ2n) is 5.66. The molecule has 0 amide bonds. The number of sulfone groups is 1. The van der Waals surface area contributed by atoms with Gasteiger partial charge in [0, 0.05) is 12.8 Å². The van der Waals surface area contributed by atoms with Crippen molar-refractivity contribution in [2.24, 2.45) is 0 Å². The number of anilines is 1. The minimum Gasteiger partial charge on any atom is -0.358 e. The normalized spacial score (nSPS) is 11.2. The van der Waals surface area contributed by atoms with Gasteiger partial charge in [0.2, 0.25) is 0 Å². The van der Waals surface area contributed by atoms with Gasteiger partial charge in [-0.3, -0.25) is 0 Å². The quantitative estimate of drug-likeness (QED) is 0.786. The molecule has 0 spiro atoms. The molecule has 2 rings (SSSR count). The molecule has 7 heteroatoms. The van der Waals surface area contributed by atoms with Gasteiger partial charge in [-0.2, -0.15) is 0 Å². The van der Waals surface area contributed by atoms with Crippen LogP contribution in [0.5, 0.6) is 0 Å². The fourth-order valence-corrected chi connectivity index (χ4v) is 3.44. The van der Waals surface area contributed by atoms with Gasteiger partial charge in [-0.25, -0.2) is 8.42 Å². The number of hydrogen-bond acceptors (Lipinski definition) is 3. The van der Waals surface area contributed by atoms with Crippen molar-refractivity contribution >= 4 is 44.5 Å². The molecule has 0 atom stereocenters. The Morgan fingerprint density at radius 2 is 1.79 bits per heavy atom. The molecule has 0 bridgehead atoms. The van der Waals surface area contributed by atoms with Crippen molar-refractivity contribution in [3.8, 4) is 0 Å². The minimum atomic E-state index is -3.18. The number of halogens is 1. The van der Waals surface area contributed by atoms with Crippen molar-refractivity contribution in [3.05, 3.63) is 58.1 Å². The van der Waals surface area contributed by atoms with Gasteiger partial charge < -0.3 is 10.6 Å². The number of thiocarbonyl (C=S) groups is 1. The SMILES string of the molecule is Cc1cc(C)c(NC(=S)NCc2ccc(S(C)(=O)=O)cc2)c(Cl)c1. The van der Waals surface area contributed by atoms with E-state index in [1.54, 1.807) is 24.3 Å². The molecule has 0 heterocycles. The van der Waals surface area contributed by atoms with Crippen molar-refractivity contribution in [2.75, 3.05) is 11.6 Å². The van der Waals surface area contributed by atoms with Gasteiger partial charge in [-0.05, 0) is 61.0 Å². The third-order valence-corrected chi connectivity index (χ3v) is 5.15. The number of rotatable bonds is 4. The third kappa shape index (κ3) is 4.93. The molecule has 128 valence electrons. The highest BCUT2D eigenvalue weighted by Gasteiger charge is 2.08. The molecule has 0 aliphatic heterocycles. The first-order valence-corrected chi connectivity index (χ1v) is 9.95. The largest absolute Gasteiger partial charge is 0.358 e. The summed E-state index contributed by atoms with van der Waals surface area (Å²) in [5, 5.41) is 7.27. The van der Waals surface area contributed by atoms with E-state index in [-0.39, 0.29) is 0 Å². The van der Waals surface area contributed by atoms with Crippen LogP contribution in [0, 0.1) is 13.8 Å². The Bertz CT molecular complexity index is 840. The Morgan fingerprint density at radius 1 is 1.17 bits per heavy atom. The standard InChI is InChI=1S/C17H19ClN2O2S2/c1-11-8-12(2)16(15(18)9-11)20-17(23)19-10-13-4-6-14(7-5-13)24(3,21)22/h4-9H,10H2,1-3H3,(H2,19,20,23). The second-order valence-corrected chi connectivity index (χ2v) is 8.49. The Kier molecular flexibility index (Phi) is 5.85. The van der Waals surface area contributed by atoms with Crippen molar-refractivity contribution in [1.29, 1.82) is 0 Å². The molecular formula is C17H19ClN2O2S2. The van der Waals surface area contributed by atoms with Gasteiger partial charge >= 0.3 is 0 Å². The van der Waals surface area contributed by atoms with Gasteiger partial charge in [-0.1, -0.05) is 29.8 Å². The van der Waals surface area contributed by atoms with E-state index in [1.807, 2.05) is 26.0 Å². The van der Waals surface area contributed by atoms with Crippen LogP contribution < -0.4 is 10.6 Å². The zero-order valence-electron chi connectivity index (χ0n) is 13.7. The van der Waals surface area contributed by atoms with E-state index >= 15 is 0 Å².